The van der Waals surface area contributed by atoms with E-state index in [1.807, 2.05) is 6.07 Å². The second kappa shape index (κ2) is 3.86. The molecule has 2 heteroatoms. The Morgan fingerprint density at radius 1 is 1.12 bits per heavy atom. The SMILES string of the molecule is CC1(N2Cc3ccccc3C2=N)CCCCC1. The first-order valence-corrected chi connectivity index (χ1v) is 6.65. The highest BCUT2D eigenvalue weighted by atomic mass is 15.2. The molecule has 0 bridgehead atoms. The van der Waals surface area contributed by atoms with E-state index in [1.54, 1.807) is 0 Å². The van der Waals surface area contributed by atoms with Crippen molar-refractivity contribution in [3.8, 4) is 0 Å². The quantitative estimate of drug-likeness (QED) is 0.782. The normalized spacial score (nSPS) is 22.6. The predicted octanol–water partition coefficient (Wildman–Crippen LogP) is 3.55. The van der Waals surface area contributed by atoms with Gasteiger partial charge in [-0.05, 0) is 25.3 Å². The monoisotopic (exact) mass is 228 g/mol. The Kier molecular flexibility index (Phi) is 2.46. The third-order valence-electron chi connectivity index (χ3n) is 4.45. The van der Waals surface area contributed by atoms with Crippen molar-refractivity contribution in [2.45, 2.75) is 51.1 Å². The highest BCUT2D eigenvalue weighted by Crippen LogP contribution is 2.38. The molecule has 17 heavy (non-hydrogen) atoms. The van der Waals surface area contributed by atoms with Gasteiger partial charge in [-0.2, -0.15) is 0 Å². The van der Waals surface area contributed by atoms with Crippen molar-refractivity contribution in [3.63, 3.8) is 0 Å². The van der Waals surface area contributed by atoms with Crippen molar-refractivity contribution in [1.29, 1.82) is 5.41 Å². The van der Waals surface area contributed by atoms with Crippen molar-refractivity contribution in [2.75, 3.05) is 0 Å². The van der Waals surface area contributed by atoms with Gasteiger partial charge in [0.1, 0.15) is 5.84 Å². The first-order chi connectivity index (χ1) is 8.21. The molecule has 1 aromatic rings. The summed E-state index contributed by atoms with van der Waals surface area (Å²) in [5.74, 6) is 0.741. The van der Waals surface area contributed by atoms with E-state index in [1.165, 1.54) is 37.7 Å². The highest BCUT2D eigenvalue weighted by molar-refractivity contribution is 6.00. The molecule has 0 radical (unpaired) electrons. The Balaban J connectivity index is 1.90. The van der Waals surface area contributed by atoms with Gasteiger partial charge in [0.05, 0.1) is 0 Å². The predicted molar refractivity (Wildman–Crippen MR) is 70.3 cm³/mol. The van der Waals surface area contributed by atoms with Crippen molar-refractivity contribution in [1.82, 2.24) is 4.90 Å². The number of hydrogen-bond donors (Lipinski definition) is 1. The smallest absolute Gasteiger partial charge is 0.129 e. The summed E-state index contributed by atoms with van der Waals surface area (Å²) in [6.45, 7) is 3.28. The van der Waals surface area contributed by atoms with Crippen LogP contribution in [0.2, 0.25) is 0 Å². The fourth-order valence-electron chi connectivity index (χ4n) is 3.33. The molecule has 0 atom stereocenters. The van der Waals surface area contributed by atoms with E-state index in [0.717, 1.165) is 17.9 Å². The highest BCUT2D eigenvalue weighted by Gasteiger charge is 2.38. The summed E-state index contributed by atoms with van der Waals surface area (Å²) in [6, 6.07) is 8.37. The van der Waals surface area contributed by atoms with Crippen molar-refractivity contribution in [2.24, 2.45) is 0 Å². The number of fused-ring (bicyclic) bond motifs is 1. The van der Waals surface area contributed by atoms with Crippen molar-refractivity contribution < 1.29 is 0 Å². The Morgan fingerprint density at radius 2 is 1.82 bits per heavy atom. The molecule has 1 fully saturated rings. The number of hydrogen-bond acceptors (Lipinski definition) is 1. The van der Waals surface area contributed by atoms with Gasteiger partial charge in [0.2, 0.25) is 0 Å². The van der Waals surface area contributed by atoms with Crippen LogP contribution in [0.1, 0.15) is 50.2 Å². The summed E-state index contributed by atoms with van der Waals surface area (Å²) in [6.07, 6.45) is 6.48. The molecular weight excluding hydrogens is 208 g/mol. The fraction of sp³-hybridized carbons (Fsp3) is 0.533. The average Bonchev–Trinajstić information content (AvgIpc) is 2.69. The first kappa shape index (κ1) is 10.8. The van der Waals surface area contributed by atoms with E-state index < -0.39 is 0 Å². The van der Waals surface area contributed by atoms with Gasteiger partial charge in [-0.3, -0.25) is 5.41 Å². The average molecular weight is 228 g/mol. The molecular formula is C15H20N2. The molecule has 0 saturated heterocycles. The molecule has 0 aromatic heterocycles. The summed E-state index contributed by atoms with van der Waals surface area (Å²) < 4.78 is 0. The molecule has 1 heterocycles. The third-order valence-corrected chi connectivity index (χ3v) is 4.45. The van der Waals surface area contributed by atoms with E-state index in [4.69, 9.17) is 5.41 Å². The second-order valence-electron chi connectivity index (χ2n) is 5.65. The van der Waals surface area contributed by atoms with Crippen LogP contribution < -0.4 is 0 Å². The molecule has 2 nitrogen and oxygen atoms in total. The summed E-state index contributed by atoms with van der Waals surface area (Å²) in [5.41, 5.74) is 2.68. The Labute approximate surface area is 103 Å². The minimum atomic E-state index is 0.217. The molecule has 0 amide bonds. The molecule has 2 aliphatic rings. The molecule has 1 N–H and O–H groups in total. The van der Waals surface area contributed by atoms with E-state index in [2.05, 4.69) is 30.0 Å². The fourth-order valence-corrected chi connectivity index (χ4v) is 3.33. The van der Waals surface area contributed by atoms with Gasteiger partial charge >= 0.3 is 0 Å². The van der Waals surface area contributed by atoms with Crippen LogP contribution in [0, 0.1) is 5.41 Å². The molecule has 1 aromatic carbocycles. The van der Waals surface area contributed by atoms with Gasteiger partial charge in [-0.15, -0.1) is 0 Å². The maximum atomic E-state index is 8.38. The minimum Gasteiger partial charge on any atom is -0.347 e. The molecule has 1 saturated carbocycles. The van der Waals surface area contributed by atoms with Crippen LogP contribution >= 0.6 is 0 Å². The van der Waals surface area contributed by atoms with Crippen LogP contribution in [0.15, 0.2) is 24.3 Å². The zero-order valence-electron chi connectivity index (χ0n) is 10.5. The van der Waals surface area contributed by atoms with Gasteiger partial charge < -0.3 is 4.90 Å². The van der Waals surface area contributed by atoms with E-state index in [9.17, 15) is 0 Å². The van der Waals surface area contributed by atoms with Crippen LogP contribution in [0.4, 0.5) is 0 Å². The summed E-state index contributed by atoms with van der Waals surface area (Å²) in [5, 5.41) is 8.38. The number of amidine groups is 1. The van der Waals surface area contributed by atoms with Crippen molar-refractivity contribution >= 4 is 5.84 Å². The number of nitrogens with zero attached hydrogens (tertiary/aromatic N) is 1. The third kappa shape index (κ3) is 1.67. The molecule has 1 aliphatic heterocycles. The zero-order chi connectivity index (χ0) is 11.9. The molecule has 1 aliphatic carbocycles. The Bertz CT molecular complexity index is 444. The summed E-state index contributed by atoms with van der Waals surface area (Å²) >= 11 is 0. The zero-order valence-corrected chi connectivity index (χ0v) is 10.5. The van der Waals surface area contributed by atoms with E-state index in [-0.39, 0.29) is 5.54 Å². The van der Waals surface area contributed by atoms with Gasteiger partial charge in [-0.25, -0.2) is 0 Å². The van der Waals surface area contributed by atoms with Crippen LogP contribution in [0.5, 0.6) is 0 Å². The van der Waals surface area contributed by atoms with Gasteiger partial charge in [0, 0.05) is 17.6 Å². The maximum Gasteiger partial charge on any atom is 0.129 e. The van der Waals surface area contributed by atoms with Crippen LogP contribution in [-0.4, -0.2) is 16.3 Å². The Morgan fingerprint density at radius 3 is 2.53 bits per heavy atom. The van der Waals surface area contributed by atoms with E-state index in [0.29, 0.717) is 0 Å². The lowest BCUT2D eigenvalue weighted by atomic mass is 9.82. The second-order valence-corrected chi connectivity index (χ2v) is 5.65. The molecule has 0 spiro atoms. The van der Waals surface area contributed by atoms with E-state index >= 15 is 0 Å². The number of nitrogens with one attached hydrogen (secondary N) is 1. The van der Waals surface area contributed by atoms with Crippen LogP contribution in [0.3, 0.4) is 0 Å². The standard InChI is InChI=1S/C15H20N2/c1-15(9-5-2-6-10-15)17-11-12-7-3-4-8-13(12)14(17)16/h3-4,7-8,16H,2,5-6,9-11H2,1H3. The number of benzene rings is 1. The Hall–Kier alpha value is -1.31. The molecule has 90 valence electrons. The van der Waals surface area contributed by atoms with Crippen LogP contribution in [-0.2, 0) is 6.54 Å². The minimum absolute atomic E-state index is 0.217. The van der Waals surface area contributed by atoms with Gasteiger partial charge in [0.25, 0.3) is 0 Å². The van der Waals surface area contributed by atoms with Crippen molar-refractivity contribution in [3.05, 3.63) is 35.4 Å². The molecule has 3 rings (SSSR count). The summed E-state index contributed by atoms with van der Waals surface area (Å²) in [4.78, 5) is 2.33. The lowest BCUT2D eigenvalue weighted by molar-refractivity contribution is 0.135. The lowest BCUT2D eigenvalue weighted by Crippen LogP contribution is -2.47. The number of rotatable bonds is 1. The van der Waals surface area contributed by atoms with Gasteiger partial charge in [0.15, 0.2) is 0 Å². The van der Waals surface area contributed by atoms with Gasteiger partial charge in [-0.1, -0.05) is 43.5 Å². The van der Waals surface area contributed by atoms with Crippen LogP contribution in [0.25, 0.3) is 0 Å². The lowest BCUT2D eigenvalue weighted by Gasteiger charge is -2.43. The maximum absolute atomic E-state index is 8.38. The molecule has 0 unspecified atom stereocenters. The topological polar surface area (TPSA) is 27.1 Å². The largest absolute Gasteiger partial charge is 0.347 e. The summed E-state index contributed by atoms with van der Waals surface area (Å²) in [7, 11) is 0. The first-order valence-electron chi connectivity index (χ1n) is 6.65.